The fourth-order valence-corrected chi connectivity index (χ4v) is 2.75. The first-order valence-electron chi connectivity index (χ1n) is 8.95. The van der Waals surface area contributed by atoms with Gasteiger partial charge in [-0.05, 0) is 43.2 Å². The third-order valence-corrected chi connectivity index (χ3v) is 4.23. The van der Waals surface area contributed by atoms with Crippen LogP contribution in [0.5, 0.6) is 0 Å². The van der Waals surface area contributed by atoms with Crippen LogP contribution >= 0.6 is 0 Å². The average molecular weight is 355 g/mol. The minimum Gasteiger partial charge on any atom is -0.357 e. The van der Waals surface area contributed by atoms with E-state index in [0.29, 0.717) is 12.1 Å². The van der Waals surface area contributed by atoms with E-state index in [0.717, 1.165) is 31.0 Å². The maximum atomic E-state index is 11.7. The fourth-order valence-electron chi connectivity index (χ4n) is 2.75. The summed E-state index contributed by atoms with van der Waals surface area (Å²) in [5.74, 6) is 0.821. The minimum atomic E-state index is -0.0639. The molecule has 0 spiro atoms. The standard InChI is InChI=1S/C20H29N5O/c1-5-22-20(25(4)15-18-10-7-13-24(18)3)23-12-11-16-8-6-9-17(14-16)19(26)21-2/h6-10,13-14H,5,11-12,15H2,1-4H3,(H,21,26)(H,22,23). The summed E-state index contributed by atoms with van der Waals surface area (Å²) < 4.78 is 2.12. The molecule has 0 saturated carbocycles. The first-order chi connectivity index (χ1) is 12.5. The van der Waals surface area contributed by atoms with Crippen LogP contribution in [-0.4, -0.2) is 48.5 Å². The molecule has 0 radical (unpaired) electrons. The van der Waals surface area contributed by atoms with Crippen molar-refractivity contribution >= 4 is 11.9 Å². The Labute approximate surface area is 155 Å². The Hall–Kier alpha value is -2.76. The SMILES string of the molecule is CCNC(=NCCc1cccc(C(=O)NC)c1)N(C)Cc1cccn1C. The van der Waals surface area contributed by atoms with E-state index >= 15 is 0 Å². The second-order valence-corrected chi connectivity index (χ2v) is 6.23. The van der Waals surface area contributed by atoms with Gasteiger partial charge in [0.15, 0.2) is 5.96 Å². The summed E-state index contributed by atoms with van der Waals surface area (Å²) in [5, 5.41) is 6.00. The zero-order valence-electron chi connectivity index (χ0n) is 16.1. The molecule has 1 heterocycles. The summed E-state index contributed by atoms with van der Waals surface area (Å²) in [5.41, 5.74) is 3.02. The normalized spacial score (nSPS) is 11.3. The van der Waals surface area contributed by atoms with E-state index < -0.39 is 0 Å². The van der Waals surface area contributed by atoms with Crippen LogP contribution in [0.25, 0.3) is 0 Å². The van der Waals surface area contributed by atoms with Crippen LogP contribution < -0.4 is 10.6 Å². The lowest BCUT2D eigenvalue weighted by atomic mass is 10.1. The Balaban J connectivity index is 2.00. The summed E-state index contributed by atoms with van der Waals surface area (Å²) in [6.45, 7) is 4.35. The third-order valence-electron chi connectivity index (χ3n) is 4.23. The van der Waals surface area contributed by atoms with Crippen LogP contribution in [0.4, 0.5) is 0 Å². The molecule has 1 aromatic heterocycles. The molecule has 0 aliphatic carbocycles. The number of hydrogen-bond donors (Lipinski definition) is 2. The van der Waals surface area contributed by atoms with Crippen LogP contribution in [0.1, 0.15) is 28.5 Å². The van der Waals surface area contributed by atoms with Crippen LogP contribution in [0.3, 0.4) is 0 Å². The summed E-state index contributed by atoms with van der Waals surface area (Å²) in [6, 6.07) is 11.9. The van der Waals surface area contributed by atoms with E-state index in [1.54, 1.807) is 7.05 Å². The summed E-state index contributed by atoms with van der Waals surface area (Å²) in [4.78, 5) is 18.6. The molecule has 6 heteroatoms. The van der Waals surface area contributed by atoms with E-state index in [2.05, 4.69) is 33.1 Å². The van der Waals surface area contributed by atoms with Gasteiger partial charge in [0, 0.05) is 51.7 Å². The largest absolute Gasteiger partial charge is 0.357 e. The highest BCUT2D eigenvalue weighted by atomic mass is 16.1. The molecule has 0 unspecified atom stereocenters. The summed E-state index contributed by atoms with van der Waals surface area (Å²) in [6.07, 6.45) is 2.84. The number of carbonyl (C=O) groups is 1. The van der Waals surface area contributed by atoms with Crippen molar-refractivity contribution in [1.82, 2.24) is 20.1 Å². The van der Waals surface area contributed by atoms with Crippen LogP contribution in [-0.2, 0) is 20.0 Å². The van der Waals surface area contributed by atoms with Gasteiger partial charge in [0.25, 0.3) is 5.91 Å². The Bertz CT molecular complexity index is 750. The molecule has 0 bridgehead atoms. The van der Waals surface area contributed by atoms with Crippen molar-refractivity contribution in [2.24, 2.45) is 12.0 Å². The van der Waals surface area contributed by atoms with Crippen molar-refractivity contribution in [3.63, 3.8) is 0 Å². The smallest absolute Gasteiger partial charge is 0.251 e. The maximum absolute atomic E-state index is 11.7. The number of aliphatic imine (C=N–C) groups is 1. The molecule has 0 saturated heterocycles. The Morgan fingerprint density at radius 1 is 1.27 bits per heavy atom. The number of guanidine groups is 1. The van der Waals surface area contributed by atoms with Crippen molar-refractivity contribution in [2.75, 3.05) is 27.2 Å². The monoisotopic (exact) mass is 355 g/mol. The van der Waals surface area contributed by atoms with Crippen LogP contribution in [0.15, 0.2) is 47.6 Å². The second-order valence-electron chi connectivity index (χ2n) is 6.23. The van der Waals surface area contributed by atoms with E-state index in [1.165, 1.54) is 5.69 Å². The van der Waals surface area contributed by atoms with Gasteiger partial charge in [0.05, 0.1) is 6.54 Å². The molecular weight excluding hydrogens is 326 g/mol. The fraction of sp³-hybridized carbons (Fsp3) is 0.400. The number of aryl methyl sites for hydroxylation is 1. The highest BCUT2D eigenvalue weighted by Gasteiger charge is 2.08. The molecule has 26 heavy (non-hydrogen) atoms. The Kier molecular flexibility index (Phi) is 7.26. The van der Waals surface area contributed by atoms with Crippen LogP contribution in [0.2, 0.25) is 0 Å². The Morgan fingerprint density at radius 3 is 2.73 bits per heavy atom. The number of benzene rings is 1. The summed E-state index contributed by atoms with van der Waals surface area (Å²) in [7, 11) is 5.73. The lowest BCUT2D eigenvalue weighted by Crippen LogP contribution is -2.39. The van der Waals surface area contributed by atoms with E-state index in [-0.39, 0.29) is 5.91 Å². The topological polar surface area (TPSA) is 61.7 Å². The number of amides is 1. The van der Waals surface area contributed by atoms with E-state index in [1.807, 2.05) is 50.6 Å². The quantitative estimate of drug-likeness (QED) is 0.590. The third kappa shape index (κ3) is 5.37. The van der Waals surface area contributed by atoms with Crippen molar-refractivity contribution in [3.05, 3.63) is 59.4 Å². The molecule has 6 nitrogen and oxygen atoms in total. The maximum Gasteiger partial charge on any atom is 0.251 e. The second kappa shape index (κ2) is 9.65. The average Bonchev–Trinajstić information content (AvgIpc) is 3.05. The van der Waals surface area contributed by atoms with Gasteiger partial charge in [-0.3, -0.25) is 9.79 Å². The zero-order chi connectivity index (χ0) is 18.9. The van der Waals surface area contributed by atoms with Gasteiger partial charge in [-0.1, -0.05) is 12.1 Å². The molecule has 2 aromatic rings. The minimum absolute atomic E-state index is 0.0639. The number of hydrogen-bond acceptors (Lipinski definition) is 2. The predicted molar refractivity (Wildman–Crippen MR) is 106 cm³/mol. The lowest BCUT2D eigenvalue weighted by Gasteiger charge is -2.22. The Morgan fingerprint density at radius 2 is 2.08 bits per heavy atom. The molecule has 140 valence electrons. The molecule has 2 rings (SSSR count). The molecular formula is C20H29N5O. The van der Waals surface area contributed by atoms with E-state index in [4.69, 9.17) is 4.99 Å². The molecule has 0 aliphatic rings. The van der Waals surface area contributed by atoms with Gasteiger partial charge >= 0.3 is 0 Å². The number of nitrogens with zero attached hydrogens (tertiary/aromatic N) is 3. The van der Waals surface area contributed by atoms with Gasteiger partial charge in [0.2, 0.25) is 0 Å². The summed E-state index contributed by atoms with van der Waals surface area (Å²) >= 11 is 0. The molecule has 0 fully saturated rings. The molecule has 0 atom stereocenters. The molecule has 1 amide bonds. The zero-order valence-corrected chi connectivity index (χ0v) is 16.1. The highest BCUT2D eigenvalue weighted by Crippen LogP contribution is 2.07. The van der Waals surface area contributed by atoms with Gasteiger partial charge in [-0.25, -0.2) is 0 Å². The lowest BCUT2D eigenvalue weighted by molar-refractivity contribution is 0.0963. The van der Waals surface area contributed by atoms with Gasteiger partial charge in [-0.15, -0.1) is 0 Å². The number of aromatic nitrogens is 1. The predicted octanol–water partition coefficient (Wildman–Crippen LogP) is 2.02. The van der Waals surface area contributed by atoms with Crippen molar-refractivity contribution < 1.29 is 4.79 Å². The van der Waals surface area contributed by atoms with E-state index in [9.17, 15) is 4.79 Å². The van der Waals surface area contributed by atoms with Gasteiger partial charge in [0.1, 0.15) is 0 Å². The number of carbonyl (C=O) groups excluding carboxylic acids is 1. The first kappa shape index (κ1) is 19.6. The number of nitrogens with one attached hydrogen (secondary N) is 2. The highest BCUT2D eigenvalue weighted by molar-refractivity contribution is 5.94. The molecule has 2 N–H and O–H groups in total. The number of rotatable bonds is 7. The first-order valence-corrected chi connectivity index (χ1v) is 8.95. The van der Waals surface area contributed by atoms with Crippen molar-refractivity contribution in [3.8, 4) is 0 Å². The molecule has 0 aliphatic heterocycles. The van der Waals surface area contributed by atoms with Crippen molar-refractivity contribution in [1.29, 1.82) is 0 Å². The van der Waals surface area contributed by atoms with Gasteiger partial charge < -0.3 is 20.1 Å². The van der Waals surface area contributed by atoms with Crippen LogP contribution in [0, 0.1) is 0 Å². The molecule has 1 aromatic carbocycles. The van der Waals surface area contributed by atoms with Crippen molar-refractivity contribution in [2.45, 2.75) is 19.9 Å². The van der Waals surface area contributed by atoms with Gasteiger partial charge in [-0.2, -0.15) is 0 Å².